The number of nitrogens with two attached hydrogens (primary N) is 1. The predicted octanol–water partition coefficient (Wildman–Crippen LogP) is 1.89. The number of hydrogen-bond acceptors (Lipinski definition) is 4. The summed E-state index contributed by atoms with van der Waals surface area (Å²) in [5.74, 6) is 1.17. The minimum atomic E-state index is 0.509. The molecule has 0 unspecified atom stereocenters. The minimum absolute atomic E-state index is 0.509. The lowest BCUT2D eigenvalue weighted by Gasteiger charge is -2.02. The standard InChI is InChI=1S/C12H17N5/c1-3-5-17-8-9(7-14-17)12-15-10(4-2)6-11(13)16-12/h6-8H,3-5H2,1-2H3,(H2,13,15,16). The second-order valence-corrected chi connectivity index (χ2v) is 3.95. The van der Waals surface area contributed by atoms with Gasteiger partial charge < -0.3 is 5.73 Å². The van der Waals surface area contributed by atoms with Crippen molar-refractivity contribution in [1.29, 1.82) is 0 Å². The molecule has 5 heteroatoms. The molecule has 2 heterocycles. The Bertz CT molecular complexity index is 503. The van der Waals surface area contributed by atoms with Gasteiger partial charge in [0.25, 0.3) is 0 Å². The Morgan fingerprint density at radius 3 is 2.82 bits per heavy atom. The first-order valence-electron chi connectivity index (χ1n) is 5.89. The fraction of sp³-hybridized carbons (Fsp3) is 0.417. The van der Waals surface area contributed by atoms with Gasteiger partial charge in [0.05, 0.1) is 11.8 Å². The van der Waals surface area contributed by atoms with Crippen molar-refractivity contribution < 1.29 is 0 Å². The number of hydrogen-bond donors (Lipinski definition) is 1. The van der Waals surface area contributed by atoms with Crippen LogP contribution in [0.1, 0.15) is 26.0 Å². The van der Waals surface area contributed by atoms with Crippen molar-refractivity contribution in [3.63, 3.8) is 0 Å². The summed E-state index contributed by atoms with van der Waals surface area (Å²) in [5, 5.41) is 4.26. The highest BCUT2D eigenvalue weighted by atomic mass is 15.3. The average Bonchev–Trinajstić information content (AvgIpc) is 2.77. The Hall–Kier alpha value is -1.91. The third-order valence-corrected chi connectivity index (χ3v) is 2.51. The van der Waals surface area contributed by atoms with Gasteiger partial charge in [0, 0.05) is 24.5 Å². The van der Waals surface area contributed by atoms with Crippen LogP contribution in [0.2, 0.25) is 0 Å². The summed E-state index contributed by atoms with van der Waals surface area (Å²) >= 11 is 0. The normalized spacial score (nSPS) is 10.7. The van der Waals surface area contributed by atoms with E-state index in [1.807, 2.05) is 17.8 Å². The van der Waals surface area contributed by atoms with Gasteiger partial charge in [-0.05, 0) is 12.8 Å². The molecule has 0 aromatic carbocycles. The Morgan fingerprint density at radius 2 is 2.12 bits per heavy atom. The molecule has 0 aliphatic carbocycles. The van der Waals surface area contributed by atoms with Crippen molar-refractivity contribution in [3.05, 3.63) is 24.2 Å². The highest BCUT2D eigenvalue weighted by Crippen LogP contribution is 2.16. The van der Waals surface area contributed by atoms with Crippen LogP contribution in [0.5, 0.6) is 0 Å². The molecule has 17 heavy (non-hydrogen) atoms. The summed E-state index contributed by atoms with van der Waals surface area (Å²) < 4.78 is 1.90. The van der Waals surface area contributed by atoms with Gasteiger partial charge in [0.1, 0.15) is 5.82 Å². The lowest BCUT2D eigenvalue weighted by molar-refractivity contribution is 0.603. The summed E-state index contributed by atoms with van der Waals surface area (Å²) in [5.41, 5.74) is 7.63. The highest BCUT2D eigenvalue weighted by molar-refractivity contribution is 5.54. The fourth-order valence-electron chi connectivity index (χ4n) is 1.66. The molecule has 0 saturated heterocycles. The second kappa shape index (κ2) is 4.95. The van der Waals surface area contributed by atoms with E-state index in [1.54, 1.807) is 12.3 Å². The number of anilines is 1. The van der Waals surface area contributed by atoms with Crippen molar-refractivity contribution in [3.8, 4) is 11.4 Å². The first kappa shape index (κ1) is 11.6. The van der Waals surface area contributed by atoms with Crippen molar-refractivity contribution in [2.45, 2.75) is 33.2 Å². The van der Waals surface area contributed by atoms with Crippen LogP contribution in [0.25, 0.3) is 11.4 Å². The van der Waals surface area contributed by atoms with Crippen LogP contribution in [0, 0.1) is 0 Å². The van der Waals surface area contributed by atoms with Gasteiger partial charge in [-0.3, -0.25) is 4.68 Å². The molecule has 0 fully saturated rings. The molecule has 2 aromatic rings. The van der Waals surface area contributed by atoms with Gasteiger partial charge in [0.15, 0.2) is 5.82 Å². The lowest BCUT2D eigenvalue weighted by Crippen LogP contribution is -1.99. The summed E-state index contributed by atoms with van der Waals surface area (Å²) in [6.45, 7) is 5.07. The van der Waals surface area contributed by atoms with Crippen molar-refractivity contribution >= 4 is 5.82 Å². The summed E-state index contributed by atoms with van der Waals surface area (Å²) in [6.07, 6.45) is 5.64. The predicted molar refractivity (Wildman–Crippen MR) is 67.3 cm³/mol. The molecule has 0 amide bonds. The maximum absolute atomic E-state index is 5.76. The van der Waals surface area contributed by atoms with E-state index < -0.39 is 0 Å². The summed E-state index contributed by atoms with van der Waals surface area (Å²) in [7, 11) is 0. The first-order valence-corrected chi connectivity index (χ1v) is 5.89. The Balaban J connectivity index is 2.34. The van der Waals surface area contributed by atoms with Crippen LogP contribution in [-0.4, -0.2) is 19.7 Å². The minimum Gasteiger partial charge on any atom is -0.384 e. The molecular weight excluding hydrogens is 214 g/mol. The van der Waals surface area contributed by atoms with Gasteiger partial charge in [-0.25, -0.2) is 9.97 Å². The van der Waals surface area contributed by atoms with Gasteiger partial charge in [-0.1, -0.05) is 13.8 Å². The van der Waals surface area contributed by atoms with E-state index in [0.29, 0.717) is 11.6 Å². The summed E-state index contributed by atoms with van der Waals surface area (Å²) in [6, 6.07) is 1.81. The molecule has 2 N–H and O–H groups in total. The highest BCUT2D eigenvalue weighted by Gasteiger charge is 2.07. The third-order valence-electron chi connectivity index (χ3n) is 2.51. The number of aryl methyl sites for hydroxylation is 2. The smallest absolute Gasteiger partial charge is 0.164 e. The quantitative estimate of drug-likeness (QED) is 0.872. The van der Waals surface area contributed by atoms with Crippen LogP contribution < -0.4 is 5.73 Å². The van der Waals surface area contributed by atoms with Gasteiger partial charge in [-0.2, -0.15) is 5.10 Å². The number of nitrogen functional groups attached to an aromatic ring is 1. The average molecular weight is 231 g/mol. The number of rotatable bonds is 4. The molecule has 90 valence electrons. The molecule has 2 rings (SSSR count). The van der Waals surface area contributed by atoms with Gasteiger partial charge in [0.2, 0.25) is 0 Å². The van der Waals surface area contributed by atoms with E-state index in [0.717, 1.165) is 30.6 Å². The molecule has 0 atom stereocenters. The number of nitrogens with zero attached hydrogens (tertiary/aromatic N) is 4. The molecule has 0 saturated carbocycles. The molecule has 0 bridgehead atoms. The second-order valence-electron chi connectivity index (χ2n) is 3.95. The van der Waals surface area contributed by atoms with Crippen LogP contribution in [-0.2, 0) is 13.0 Å². The molecular formula is C12H17N5. The first-order chi connectivity index (χ1) is 8.22. The zero-order valence-corrected chi connectivity index (χ0v) is 10.2. The Kier molecular flexibility index (Phi) is 3.37. The number of aromatic nitrogens is 4. The van der Waals surface area contributed by atoms with E-state index >= 15 is 0 Å². The maximum Gasteiger partial charge on any atom is 0.164 e. The molecule has 5 nitrogen and oxygen atoms in total. The Labute approximate surface area is 101 Å². The van der Waals surface area contributed by atoms with E-state index in [4.69, 9.17) is 5.73 Å². The zero-order valence-electron chi connectivity index (χ0n) is 10.2. The van der Waals surface area contributed by atoms with Crippen LogP contribution >= 0.6 is 0 Å². The Morgan fingerprint density at radius 1 is 1.29 bits per heavy atom. The van der Waals surface area contributed by atoms with Gasteiger partial charge in [-0.15, -0.1) is 0 Å². The van der Waals surface area contributed by atoms with E-state index in [1.165, 1.54) is 0 Å². The van der Waals surface area contributed by atoms with Crippen LogP contribution in [0.15, 0.2) is 18.5 Å². The van der Waals surface area contributed by atoms with Crippen molar-refractivity contribution in [2.24, 2.45) is 0 Å². The lowest BCUT2D eigenvalue weighted by atomic mass is 10.3. The molecule has 0 aliphatic rings. The SMILES string of the molecule is CCCn1cc(-c2nc(N)cc(CC)n2)cn1. The largest absolute Gasteiger partial charge is 0.384 e. The molecule has 0 spiro atoms. The maximum atomic E-state index is 5.76. The van der Waals surface area contributed by atoms with Crippen LogP contribution in [0.3, 0.4) is 0 Å². The van der Waals surface area contributed by atoms with E-state index in [9.17, 15) is 0 Å². The van der Waals surface area contributed by atoms with E-state index in [2.05, 4.69) is 22.0 Å². The molecule has 0 aliphatic heterocycles. The monoisotopic (exact) mass is 231 g/mol. The van der Waals surface area contributed by atoms with Gasteiger partial charge >= 0.3 is 0 Å². The fourth-order valence-corrected chi connectivity index (χ4v) is 1.66. The zero-order chi connectivity index (χ0) is 12.3. The molecule has 0 radical (unpaired) electrons. The topological polar surface area (TPSA) is 69.6 Å². The van der Waals surface area contributed by atoms with E-state index in [-0.39, 0.29) is 0 Å². The van der Waals surface area contributed by atoms with Crippen LogP contribution in [0.4, 0.5) is 5.82 Å². The van der Waals surface area contributed by atoms with Crippen molar-refractivity contribution in [2.75, 3.05) is 5.73 Å². The summed E-state index contributed by atoms with van der Waals surface area (Å²) in [4.78, 5) is 8.69. The molecule has 2 aromatic heterocycles. The third kappa shape index (κ3) is 2.61. The van der Waals surface area contributed by atoms with Crippen molar-refractivity contribution in [1.82, 2.24) is 19.7 Å².